The van der Waals surface area contributed by atoms with E-state index in [4.69, 9.17) is 9.47 Å². The Balaban J connectivity index is 1.47. The molecule has 22 heavy (non-hydrogen) atoms. The summed E-state index contributed by atoms with van der Waals surface area (Å²) in [5.41, 5.74) is 0.994. The van der Waals surface area contributed by atoms with E-state index in [1.165, 1.54) is 0 Å². The zero-order chi connectivity index (χ0) is 15.5. The Morgan fingerprint density at radius 3 is 2.77 bits per heavy atom. The summed E-state index contributed by atoms with van der Waals surface area (Å²) in [6, 6.07) is 7.77. The number of ether oxygens (including phenoxy) is 2. The normalized spacial score (nSPS) is 28.0. The van der Waals surface area contributed by atoms with E-state index in [1.807, 2.05) is 24.3 Å². The Kier molecular flexibility index (Phi) is 4.64. The molecule has 0 spiro atoms. The number of rotatable bonds is 4. The first-order valence-corrected chi connectivity index (χ1v) is 8.00. The molecule has 0 radical (unpaired) electrons. The van der Waals surface area contributed by atoms with Gasteiger partial charge in [0.25, 0.3) is 0 Å². The number of hydrogen-bond acceptors (Lipinski definition) is 4. The van der Waals surface area contributed by atoms with Crippen LogP contribution < -0.4 is 10.1 Å². The van der Waals surface area contributed by atoms with Gasteiger partial charge in [0.05, 0.1) is 12.2 Å². The summed E-state index contributed by atoms with van der Waals surface area (Å²) in [7, 11) is 0. The Hall–Kier alpha value is -1.59. The van der Waals surface area contributed by atoms with Gasteiger partial charge in [-0.1, -0.05) is 18.2 Å². The van der Waals surface area contributed by atoms with E-state index in [-0.39, 0.29) is 24.0 Å². The van der Waals surface area contributed by atoms with Crippen LogP contribution in [-0.2, 0) is 9.53 Å². The van der Waals surface area contributed by atoms with Crippen molar-refractivity contribution in [1.82, 2.24) is 10.2 Å². The molecule has 0 aliphatic carbocycles. The van der Waals surface area contributed by atoms with Crippen molar-refractivity contribution in [2.45, 2.75) is 32.0 Å². The first kappa shape index (κ1) is 15.3. The molecular weight excluding hydrogens is 280 g/mol. The number of carbonyl (C=O) groups excluding carboxylic acids is 1. The van der Waals surface area contributed by atoms with E-state index in [1.54, 1.807) is 0 Å². The third-order valence-corrected chi connectivity index (χ3v) is 4.24. The number of para-hydroxylation sites is 1. The molecule has 1 fully saturated rings. The highest BCUT2D eigenvalue weighted by molar-refractivity contribution is 5.85. The van der Waals surface area contributed by atoms with Crippen LogP contribution in [0.3, 0.4) is 0 Å². The predicted molar refractivity (Wildman–Crippen MR) is 84.1 cm³/mol. The maximum Gasteiger partial charge on any atom is 0.231 e. The second-order valence-electron chi connectivity index (χ2n) is 6.21. The second-order valence-corrected chi connectivity index (χ2v) is 6.21. The number of amides is 1. The van der Waals surface area contributed by atoms with Crippen molar-refractivity contribution >= 4 is 5.91 Å². The smallest absolute Gasteiger partial charge is 0.231 e. The van der Waals surface area contributed by atoms with Crippen LogP contribution in [0, 0.1) is 0 Å². The topological polar surface area (TPSA) is 50.8 Å². The van der Waals surface area contributed by atoms with E-state index >= 15 is 0 Å². The molecule has 0 saturated carbocycles. The summed E-state index contributed by atoms with van der Waals surface area (Å²) in [5.74, 6) is 0.705. The summed E-state index contributed by atoms with van der Waals surface area (Å²) in [4.78, 5) is 14.7. The maximum atomic E-state index is 12.3. The molecule has 1 saturated heterocycles. The number of hydrogen-bond donors (Lipinski definition) is 1. The fourth-order valence-corrected chi connectivity index (χ4v) is 3.31. The lowest BCUT2D eigenvalue weighted by Gasteiger charge is -2.35. The van der Waals surface area contributed by atoms with Gasteiger partial charge in [-0.15, -0.1) is 0 Å². The van der Waals surface area contributed by atoms with Crippen LogP contribution >= 0.6 is 0 Å². The van der Waals surface area contributed by atoms with E-state index in [2.05, 4.69) is 24.1 Å². The average Bonchev–Trinajstić information content (AvgIpc) is 2.90. The van der Waals surface area contributed by atoms with Gasteiger partial charge in [0.1, 0.15) is 18.3 Å². The van der Waals surface area contributed by atoms with Gasteiger partial charge < -0.3 is 14.8 Å². The Bertz CT molecular complexity index is 524. The number of benzene rings is 1. The third-order valence-electron chi connectivity index (χ3n) is 4.24. The largest absolute Gasteiger partial charge is 0.492 e. The van der Waals surface area contributed by atoms with Crippen LogP contribution in [0.25, 0.3) is 0 Å². The van der Waals surface area contributed by atoms with E-state index in [0.29, 0.717) is 13.2 Å². The second kappa shape index (κ2) is 6.67. The molecule has 2 aliphatic heterocycles. The first-order chi connectivity index (χ1) is 10.6. The lowest BCUT2D eigenvalue weighted by molar-refractivity contribution is -0.122. The summed E-state index contributed by atoms with van der Waals surface area (Å²) >= 11 is 0. The molecule has 3 atom stereocenters. The van der Waals surface area contributed by atoms with Crippen molar-refractivity contribution in [3.63, 3.8) is 0 Å². The molecule has 1 amide bonds. The van der Waals surface area contributed by atoms with Gasteiger partial charge in [0.2, 0.25) is 5.91 Å². The predicted octanol–water partition coefficient (Wildman–Crippen LogP) is 1.39. The quantitative estimate of drug-likeness (QED) is 0.913. The SMILES string of the molecule is C[C@@H]1CN(CCNC(=O)[C@@H]2COc3ccccc32)C[C@@H](C)O1. The van der Waals surface area contributed by atoms with Crippen molar-refractivity contribution in [2.75, 3.05) is 32.8 Å². The van der Waals surface area contributed by atoms with E-state index in [0.717, 1.165) is 30.9 Å². The maximum absolute atomic E-state index is 12.3. The van der Waals surface area contributed by atoms with Crippen LogP contribution in [0.5, 0.6) is 5.75 Å². The number of morpholine rings is 1. The lowest BCUT2D eigenvalue weighted by Crippen LogP contribution is -2.48. The molecule has 120 valence electrons. The van der Waals surface area contributed by atoms with Crippen LogP contribution in [0.1, 0.15) is 25.3 Å². The summed E-state index contributed by atoms with van der Waals surface area (Å²) < 4.78 is 11.3. The monoisotopic (exact) mass is 304 g/mol. The number of nitrogens with zero attached hydrogens (tertiary/aromatic N) is 1. The van der Waals surface area contributed by atoms with Gasteiger partial charge in [-0.25, -0.2) is 0 Å². The molecule has 0 unspecified atom stereocenters. The van der Waals surface area contributed by atoms with Crippen molar-refractivity contribution in [3.8, 4) is 5.75 Å². The zero-order valence-electron chi connectivity index (χ0n) is 13.2. The molecule has 2 heterocycles. The third kappa shape index (κ3) is 3.42. The Morgan fingerprint density at radius 1 is 1.27 bits per heavy atom. The summed E-state index contributed by atoms with van der Waals surface area (Å²) in [6.45, 7) is 8.00. The molecule has 1 aromatic rings. The summed E-state index contributed by atoms with van der Waals surface area (Å²) in [6.07, 6.45) is 0.518. The molecule has 2 aliphatic rings. The number of fused-ring (bicyclic) bond motifs is 1. The van der Waals surface area contributed by atoms with Crippen molar-refractivity contribution in [1.29, 1.82) is 0 Å². The average molecular weight is 304 g/mol. The summed E-state index contributed by atoms with van der Waals surface area (Å²) in [5, 5.41) is 3.04. The van der Waals surface area contributed by atoms with E-state index in [9.17, 15) is 4.79 Å². The highest BCUT2D eigenvalue weighted by atomic mass is 16.5. The minimum atomic E-state index is -0.182. The fourth-order valence-electron chi connectivity index (χ4n) is 3.31. The van der Waals surface area contributed by atoms with Crippen molar-refractivity contribution in [3.05, 3.63) is 29.8 Å². The minimum Gasteiger partial charge on any atom is -0.492 e. The van der Waals surface area contributed by atoms with Gasteiger partial charge in [0.15, 0.2) is 0 Å². The minimum absolute atomic E-state index is 0.0549. The van der Waals surface area contributed by atoms with Gasteiger partial charge in [-0.05, 0) is 19.9 Å². The molecule has 1 aromatic carbocycles. The fraction of sp³-hybridized carbons (Fsp3) is 0.588. The van der Waals surface area contributed by atoms with Crippen LogP contribution in [0.15, 0.2) is 24.3 Å². The molecule has 5 nitrogen and oxygen atoms in total. The van der Waals surface area contributed by atoms with Crippen LogP contribution in [0.4, 0.5) is 0 Å². The molecule has 3 rings (SSSR count). The van der Waals surface area contributed by atoms with E-state index < -0.39 is 0 Å². The van der Waals surface area contributed by atoms with Gasteiger partial charge in [-0.3, -0.25) is 9.69 Å². The van der Waals surface area contributed by atoms with Gasteiger partial charge >= 0.3 is 0 Å². The molecule has 1 N–H and O–H groups in total. The standard InChI is InChI=1S/C17H24N2O3/c1-12-9-19(10-13(2)22-12)8-7-18-17(20)15-11-21-16-6-4-3-5-14(15)16/h3-6,12-13,15H,7-11H2,1-2H3,(H,18,20)/t12-,13-,15-/m1/s1. The molecule has 0 bridgehead atoms. The zero-order valence-corrected chi connectivity index (χ0v) is 13.2. The van der Waals surface area contributed by atoms with Gasteiger partial charge in [-0.2, -0.15) is 0 Å². The lowest BCUT2D eigenvalue weighted by atomic mass is 10.0. The molecular formula is C17H24N2O3. The van der Waals surface area contributed by atoms with Crippen LogP contribution in [-0.4, -0.2) is 55.8 Å². The molecule has 5 heteroatoms. The highest BCUT2D eigenvalue weighted by Crippen LogP contribution is 2.33. The Morgan fingerprint density at radius 2 is 2.00 bits per heavy atom. The molecule has 0 aromatic heterocycles. The number of nitrogens with one attached hydrogen (secondary N) is 1. The van der Waals surface area contributed by atoms with Crippen LogP contribution in [0.2, 0.25) is 0 Å². The first-order valence-electron chi connectivity index (χ1n) is 8.00. The number of carbonyl (C=O) groups is 1. The van der Waals surface area contributed by atoms with Crippen molar-refractivity contribution in [2.24, 2.45) is 0 Å². The Labute approximate surface area is 131 Å². The van der Waals surface area contributed by atoms with Gasteiger partial charge in [0, 0.05) is 31.7 Å². The van der Waals surface area contributed by atoms with Crippen molar-refractivity contribution < 1.29 is 14.3 Å². The highest BCUT2D eigenvalue weighted by Gasteiger charge is 2.30.